The average molecular weight is 471 g/mol. The van der Waals surface area contributed by atoms with E-state index in [9.17, 15) is 9.59 Å². The van der Waals surface area contributed by atoms with Gasteiger partial charge in [0, 0.05) is 25.8 Å². The van der Waals surface area contributed by atoms with Crippen LogP contribution in [0.15, 0.2) is 28.0 Å². The highest BCUT2D eigenvalue weighted by Gasteiger charge is 2.34. The predicted octanol–water partition coefficient (Wildman–Crippen LogP) is 4.34. The standard InChI is InChI=1S/C24H30N4O2S2/c1-14(2)11-28-23(30)19(32-24(28)31)10-18-21(26-12-15(3)9-16(4)13-26)25-20-17(5)7-6-8-27(20)22(18)29/h6-8,10,14-16H,9,11-13H2,1-5H3/b19-10-. The van der Waals surface area contributed by atoms with E-state index in [2.05, 4.69) is 32.6 Å². The van der Waals surface area contributed by atoms with Crippen molar-refractivity contribution >= 4 is 51.7 Å². The second kappa shape index (κ2) is 8.98. The monoisotopic (exact) mass is 470 g/mol. The summed E-state index contributed by atoms with van der Waals surface area (Å²) in [6, 6.07) is 3.81. The van der Waals surface area contributed by atoms with Gasteiger partial charge in [-0.2, -0.15) is 0 Å². The van der Waals surface area contributed by atoms with Crippen LogP contribution in [-0.2, 0) is 4.79 Å². The summed E-state index contributed by atoms with van der Waals surface area (Å²) in [5.41, 5.74) is 1.90. The zero-order valence-corrected chi connectivity index (χ0v) is 20.9. The molecule has 0 N–H and O–H groups in total. The summed E-state index contributed by atoms with van der Waals surface area (Å²) in [6.07, 6.45) is 4.61. The predicted molar refractivity (Wildman–Crippen MR) is 136 cm³/mol. The highest BCUT2D eigenvalue weighted by atomic mass is 32.2. The summed E-state index contributed by atoms with van der Waals surface area (Å²) in [5.74, 6) is 1.85. The Kier molecular flexibility index (Phi) is 6.45. The Morgan fingerprint density at radius 3 is 2.59 bits per heavy atom. The van der Waals surface area contributed by atoms with E-state index in [1.54, 1.807) is 21.6 Å². The van der Waals surface area contributed by atoms with Gasteiger partial charge in [-0.15, -0.1) is 0 Å². The molecule has 2 aliphatic rings. The molecule has 6 nitrogen and oxygen atoms in total. The van der Waals surface area contributed by atoms with Gasteiger partial charge >= 0.3 is 0 Å². The van der Waals surface area contributed by atoms with E-state index in [0.717, 1.165) is 25.1 Å². The van der Waals surface area contributed by atoms with E-state index >= 15 is 0 Å². The van der Waals surface area contributed by atoms with E-state index < -0.39 is 0 Å². The number of thiocarbonyl (C=S) groups is 1. The van der Waals surface area contributed by atoms with Crippen molar-refractivity contribution < 1.29 is 4.79 Å². The molecule has 170 valence electrons. The molecular weight excluding hydrogens is 440 g/mol. The van der Waals surface area contributed by atoms with E-state index in [1.807, 2.05) is 19.1 Å². The number of amides is 1. The largest absolute Gasteiger partial charge is 0.355 e. The summed E-state index contributed by atoms with van der Waals surface area (Å²) in [7, 11) is 0. The van der Waals surface area contributed by atoms with Gasteiger partial charge in [0.25, 0.3) is 11.5 Å². The summed E-state index contributed by atoms with van der Waals surface area (Å²) in [4.78, 5) is 36.0. The van der Waals surface area contributed by atoms with Crippen LogP contribution in [0.3, 0.4) is 0 Å². The third-order valence-corrected chi connectivity index (χ3v) is 7.31. The van der Waals surface area contributed by atoms with Crippen LogP contribution in [0.25, 0.3) is 11.7 Å². The third-order valence-electron chi connectivity index (χ3n) is 5.93. The molecule has 4 rings (SSSR count). The Labute approximate surface area is 198 Å². The molecule has 1 amide bonds. The van der Waals surface area contributed by atoms with Gasteiger partial charge < -0.3 is 4.90 Å². The van der Waals surface area contributed by atoms with Gasteiger partial charge in [0.1, 0.15) is 15.8 Å². The first-order valence-corrected chi connectivity index (χ1v) is 12.4. The number of anilines is 1. The lowest BCUT2D eigenvalue weighted by molar-refractivity contribution is -0.122. The maximum Gasteiger partial charge on any atom is 0.267 e. The summed E-state index contributed by atoms with van der Waals surface area (Å²) < 4.78 is 2.12. The molecule has 2 fully saturated rings. The first kappa shape index (κ1) is 23.0. The van der Waals surface area contributed by atoms with E-state index in [1.165, 1.54) is 11.8 Å². The Hall–Kier alpha value is -2.19. The number of hydrogen-bond donors (Lipinski definition) is 0. The number of carbonyl (C=O) groups excluding carboxylic acids is 1. The van der Waals surface area contributed by atoms with Crippen LogP contribution < -0.4 is 10.5 Å². The van der Waals surface area contributed by atoms with Gasteiger partial charge in [-0.3, -0.25) is 18.9 Å². The molecule has 8 heteroatoms. The fraction of sp³-hybridized carbons (Fsp3) is 0.500. The Bertz CT molecular complexity index is 1160. The zero-order valence-electron chi connectivity index (χ0n) is 19.3. The molecule has 0 saturated carbocycles. The minimum Gasteiger partial charge on any atom is -0.355 e. The lowest BCUT2D eigenvalue weighted by atomic mass is 9.91. The SMILES string of the molecule is Cc1cccn2c(=O)c(/C=C3\SC(=S)N(CC(C)C)C3=O)c(N3CC(C)CC(C)C3)nc12. The van der Waals surface area contributed by atoms with Crippen molar-refractivity contribution in [3.8, 4) is 0 Å². The number of piperidine rings is 1. The lowest BCUT2D eigenvalue weighted by Gasteiger charge is -2.36. The normalized spacial score (nSPS) is 23.2. The lowest BCUT2D eigenvalue weighted by Crippen LogP contribution is -2.40. The quantitative estimate of drug-likeness (QED) is 0.489. The fourth-order valence-electron chi connectivity index (χ4n) is 4.66. The number of hydrogen-bond acceptors (Lipinski definition) is 6. The number of thioether (sulfide) groups is 1. The Balaban J connectivity index is 1.87. The fourth-order valence-corrected chi connectivity index (χ4v) is 5.91. The van der Waals surface area contributed by atoms with Crippen molar-refractivity contribution in [2.24, 2.45) is 17.8 Å². The molecule has 32 heavy (non-hydrogen) atoms. The van der Waals surface area contributed by atoms with Crippen molar-refractivity contribution in [2.45, 2.75) is 41.0 Å². The molecule has 2 saturated heterocycles. The van der Waals surface area contributed by atoms with E-state index in [-0.39, 0.29) is 11.5 Å². The Morgan fingerprint density at radius 2 is 1.94 bits per heavy atom. The van der Waals surface area contributed by atoms with Crippen molar-refractivity contribution in [3.63, 3.8) is 0 Å². The maximum absolute atomic E-state index is 13.6. The molecule has 2 aromatic rings. The molecule has 4 heterocycles. The molecule has 2 atom stereocenters. The van der Waals surface area contributed by atoms with E-state index in [0.29, 0.717) is 50.6 Å². The maximum atomic E-state index is 13.6. The van der Waals surface area contributed by atoms with Gasteiger partial charge in [0.15, 0.2) is 0 Å². The number of aromatic nitrogens is 2. The van der Waals surface area contributed by atoms with E-state index in [4.69, 9.17) is 17.2 Å². The number of nitrogens with zero attached hydrogens (tertiary/aromatic N) is 4. The highest BCUT2D eigenvalue weighted by molar-refractivity contribution is 8.26. The molecule has 2 unspecified atom stereocenters. The van der Waals surface area contributed by atoms with Gasteiger partial charge in [-0.05, 0) is 48.8 Å². The highest BCUT2D eigenvalue weighted by Crippen LogP contribution is 2.35. The minimum absolute atomic E-state index is 0.131. The Morgan fingerprint density at radius 1 is 1.25 bits per heavy atom. The van der Waals surface area contributed by atoms with Crippen molar-refractivity contribution in [3.05, 3.63) is 44.7 Å². The minimum atomic E-state index is -0.159. The second-order valence-electron chi connectivity index (χ2n) is 9.58. The molecule has 0 spiro atoms. The number of fused-ring (bicyclic) bond motifs is 1. The third kappa shape index (κ3) is 4.35. The summed E-state index contributed by atoms with van der Waals surface area (Å²) in [6.45, 7) is 12.8. The molecular formula is C24H30N4O2S2. The van der Waals surface area contributed by atoms with Crippen LogP contribution >= 0.6 is 24.0 Å². The number of carbonyl (C=O) groups is 1. The second-order valence-corrected chi connectivity index (χ2v) is 11.3. The first-order chi connectivity index (χ1) is 15.2. The number of rotatable bonds is 4. The number of pyridine rings is 1. The van der Waals surface area contributed by atoms with Gasteiger partial charge in [0.05, 0.1) is 10.5 Å². The topological polar surface area (TPSA) is 57.9 Å². The molecule has 0 radical (unpaired) electrons. The van der Waals surface area contributed by atoms with Crippen LogP contribution in [0.2, 0.25) is 0 Å². The van der Waals surface area contributed by atoms with Crippen molar-refractivity contribution in [2.75, 3.05) is 24.5 Å². The van der Waals surface area contributed by atoms with Gasteiger partial charge in [-0.1, -0.05) is 57.7 Å². The van der Waals surface area contributed by atoms with Crippen LogP contribution in [0.5, 0.6) is 0 Å². The van der Waals surface area contributed by atoms with Crippen LogP contribution in [0, 0.1) is 24.7 Å². The van der Waals surface area contributed by atoms with Crippen molar-refractivity contribution in [1.29, 1.82) is 0 Å². The molecule has 0 bridgehead atoms. The average Bonchev–Trinajstić information content (AvgIpc) is 2.96. The summed E-state index contributed by atoms with van der Waals surface area (Å²) >= 11 is 6.73. The molecule has 2 aromatic heterocycles. The zero-order chi connectivity index (χ0) is 23.2. The smallest absolute Gasteiger partial charge is 0.267 e. The first-order valence-electron chi connectivity index (χ1n) is 11.2. The van der Waals surface area contributed by atoms with Crippen molar-refractivity contribution in [1.82, 2.24) is 14.3 Å². The van der Waals surface area contributed by atoms with Crippen LogP contribution in [0.1, 0.15) is 45.2 Å². The van der Waals surface area contributed by atoms with Crippen LogP contribution in [-0.4, -0.2) is 44.1 Å². The number of aryl methyl sites for hydroxylation is 1. The van der Waals surface area contributed by atoms with Gasteiger partial charge in [0.2, 0.25) is 0 Å². The summed E-state index contributed by atoms with van der Waals surface area (Å²) in [5, 5.41) is 0. The molecule has 0 aliphatic carbocycles. The molecule has 0 aromatic carbocycles. The molecule has 2 aliphatic heterocycles. The van der Waals surface area contributed by atoms with Crippen LogP contribution in [0.4, 0.5) is 5.82 Å². The van der Waals surface area contributed by atoms with Gasteiger partial charge in [-0.25, -0.2) is 4.98 Å².